The second-order valence-electron chi connectivity index (χ2n) is 2.57. The largest absolute Gasteiger partial charge is 0.365 e. The van der Waals surface area contributed by atoms with Gasteiger partial charge in [-0.05, 0) is 6.92 Å². The van der Waals surface area contributed by atoms with Crippen molar-refractivity contribution in [1.82, 2.24) is 0 Å². The van der Waals surface area contributed by atoms with Gasteiger partial charge in [-0.25, -0.2) is 0 Å². The number of hydrogen-bond acceptors (Lipinski definition) is 1. The van der Waals surface area contributed by atoms with Crippen LogP contribution < -0.4 is 0 Å². The molecule has 0 heterocycles. The van der Waals surface area contributed by atoms with E-state index in [0.29, 0.717) is 12.5 Å². The van der Waals surface area contributed by atoms with Crippen LogP contribution in [0.4, 0.5) is 0 Å². The van der Waals surface area contributed by atoms with Crippen molar-refractivity contribution in [3.8, 4) is 12.3 Å². The molecule has 0 aromatic carbocycles. The van der Waals surface area contributed by atoms with Gasteiger partial charge in [-0.1, -0.05) is 30.2 Å². The topological polar surface area (TPSA) is 9.23 Å². The molecule has 0 aromatic heterocycles. The molecule has 1 unspecified atom stereocenters. The first kappa shape index (κ1) is 8.10. The second-order valence-corrected chi connectivity index (χ2v) is 2.57. The van der Waals surface area contributed by atoms with E-state index in [-0.39, 0.29) is 6.10 Å². The van der Waals surface area contributed by atoms with Crippen molar-refractivity contribution in [2.45, 2.75) is 13.0 Å². The van der Waals surface area contributed by atoms with E-state index in [4.69, 9.17) is 11.2 Å². The molecule has 1 aliphatic carbocycles. The van der Waals surface area contributed by atoms with Gasteiger partial charge in [0.05, 0.1) is 6.10 Å². The molecule has 0 aliphatic heterocycles. The summed E-state index contributed by atoms with van der Waals surface area (Å²) >= 11 is 0. The van der Waals surface area contributed by atoms with Crippen LogP contribution in [0.3, 0.4) is 0 Å². The summed E-state index contributed by atoms with van der Waals surface area (Å²) in [5, 5.41) is 0. The quantitative estimate of drug-likeness (QED) is 0.554. The van der Waals surface area contributed by atoms with Gasteiger partial charge >= 0.3 is 0 Å². The van der Waals surface area contributed by atoms with Gasteiger partial charge in [0, 0.05) is 5.92 Å². The van der Waals surface area contributed by atoms with E-state index in [0.717, 1.165) is 0 Å². The highest BCUT2D eigenvalue weighted by Gasteiger charge is 2.12. The Morgan fingerprint density at radius 2 is 2.18 bits per heavy atom. The van der Waals surface area contributed by atoms with Crippen LogP contribution in [0, 0.1) is 18.3 Å². The highest BCUT2D eigenvalue weighted by atomic mass is 16.5. The summed E-state index contributed by atoms with van der Waals surface area (Å²) in [6.07, 6.45) is 13.5. The van der Waals surface area contributed by atoms with E-state index in [1.165, 1.54) is 0 Å². The minimum Gasteiger partial charge on any atom is -0.365 e. The summed E-state index contributed by atoms with van der Waals surface area (Å²) in [5.74, 6) is 2.86. The van der Waals surface area contributed by atoms with E-state index >= 15 is 0 Å². The van der Waals surface area contributed by atoms with Crippen LogP contribution >= 0.6 is 0 Å². The van der Waals surface area contributed by atoms with Gasteiger partial charge in [0.15, 0.2) is 0 Å². The SMILES string of the molecule is C#CCOC(C)C1C=CC=C1. The van der Waals surface area contributed by atoms with Gasteiger partial charge in [-0.15, -0.1) is 6.42 Å². The Labute approximate surface area is 67.8 Å². The third-order valence-electron chi connectivity index (χ3n) is 1.75. The summed E-state index contributed by atoms with van der Waals surface area (Å²) in [6.45, 7) is 2.43. The molecule has 0 spiro atoms. The van der Waals surface area contributed by atoms with Crippen LogP contribution in [0.5, 0.6) is 0 Å². The first-order chi connectivity index (χ1) is 5.34. The Kier molecular flexibility index (Phi) is 2.95. The van der Waals surface area contributed by atoms with Gasteiger partial charge in [0.2, 0.25) is 0 Å². The van der Waals surface area contributed by atoms with Gasteiger partial charge in [0.1, 0.15) is 6.61 Å². The van der Waals surface area contributed by atoms with Gasteiger partial charge in [-0.2, -0.15) is 0 Å². The van der Waals surface area contributed by atoms with Gasteiger partial charge < -0.3 is 4.74 Å². The predicted octanol–water partition coefficient (Wildman–Crippen LogP) is 1.77. The smallest absolute Gasteiger partial charge is 0.107 e. The van der Waals surface area contributed by atoms with Crippen molar-refractivity contribution in [3.05, 3.63) is 24.3 Å². The molecule has 1 rings (SSSR count). The molecule has 1 atom stereocenters. The van der Waals surface area contributed by atoms with Crippen LogP contribution in [0.15, 0.2) is 24.3 Å². The monoisotopic (exact) mass is 148 g/mol. The lowest BCUT2D eigenvalue weighted by Gasteiger charge is -2.14. The van der Waals surface area contributed by atoms with E-state index in [1.54, 1.807) is 0 Å². The average Bonchev–Trinajstić information content (AvgIpc) is 2.52. The molecule has 0 aromatic rings. The van der Waals surface area contributed by atoms with Crippen LogP contribution in [0.1, 0.15) is 6.92 Å². The highest BCUT2D eigenvalue weighted by molar-refractivity contribution is 5.18. The van der Waals surface area contributed by atoms with Crippen molar-refractivity contribution >= 4 is 0 Å². The normalized spacial score (nSPS) is 18.5. The summed E-state index contributed by atoms with van der Waals surface area (Å²) in [7, 11) is 0. The maximum absolute atomic E-state index is 5.34. The zero-order valence-corrected chi connectivity index (χ0v) is 6.66. The second kappa shape index (κ2) is 4.00. The number of ether oxygens (including phenoxy) is 1. The van der Waals surface area contributed by atoms with Gasteiger partial charge in [-0.3, -0.25) is 0 Å². The first-order valence-corrected chi connectivity index (χ1v) is 3.74. The lowest BCUT2D eigenvalue weighted by molar-refractivity contribution is 0.0746. The molecule has 1 heteroatoms. The van der Waals surface area contributed by atoms with Crippen molar-refractivity contribution in [2.24, 2.45) is 5.92 Å². The fourth-order valence-corrected chi connectivity index (χ4v) is 1.05. The lowest BCUT2D eigenvalue weighted by Crippen LogP contribution is -2.16. The minimum atomic E-state index is 0.195. The molecule has 0 radical (unpaired) electrons. The third kappa shape index (κ3) is 2.25. The molecule has 0 saturated carbocycles. The molecule has 11 heavy (non-hydrogen) atoms. The Balaban J connectivity index is 2.30. The molecule has 58 valence electrons. The molecule has 1 nitrogen and oxygen atoms in total. The van der Waals surface area contributed by atoms with Crippen LogP contribution in [-0.2, 0) is 4.74 Å². The average molecular weight is 148 g/mol. The maximum atomic E-state index is 5.34. The van der Waals surface area contributed by atoms with Crippen molar-refractivity contribution in [1.29, 1.82) is 0 Å². The number of rotatable bonds is 3. The molecule has 0 bridgehead atoms. The summed E-state index contributed by atoms with van der Waals surface area (Å²) < 4.78 is 5.34. The van der Waals surface area contributed by atoms with E-state index in [9.17, 15) is 0 Å². The summed E-state index contributed by atoms with van der Waals surface area (Å²) in [5.41, 5.74) is 0. The molecule has 0 fully saturated rings. The zero-order valence-electron chi connectivity index (χ0n) is 6.66. The fourth-order valence-electron chi connectivity index (χ4n) is 1.05. The molecular weight excluding hydrogens is 136 g/mol. The standard InChI is InChI=1S/C10H12O/c1-3-8-11-9(2)10-6-4-5-7-10/h1,4-7,9-10H,8H2,2H3. The number of terminal acetylenes is 1. The number of allylic oxidation sites excluding steroid dienone is 2. The number of hydrogen-bond donors (Lipinski definition) is 0. The molecular formula is C10H12O. The molecule has 0 amide bonds. The van der Waals surface area contributed by atoms with Crippen LogP contribution in [0.2, 0.25) is 0 Å². The summed E-state index contributed by atoms with van der Waals surface area (Å²) in [4.78, 5) is 0. The third-order valence-corrected chi connectivity index (χ3v) is 1.75. The van der Waals surface area contributed by atoms with E-state index in [1.807, 2.05) is 19.1 Å². The Hall–Kier alpha value is -1.00. The van der Waals surface area contributed by atoms with Crippen LogP contribution in [-0.4, -0.2) is 12.7 Å². The van der Waals surface area contributed by atoms with E-state index in [2.05, 4.69) is 18.1 Å². The Morgan fingerprint density at radius 3 is 2.73 bits per heavy atom. The first-order valence-electron chi connectivity index (χ1n) is 3.74. The summed E-state index contributed by atoms with van der Waals surface area (Å²) in [6, 6.07) is 0. The minimum absolute atomic E-state index is 0.195. The van der Waals surface area contributed by atoms with Crippen molar-refractivity contribution < 1.29 is 4.74 Å². The fraction of sp³-hybridized carbons (Fsp3) is 0.400. The Bertz CT molecular complexity index is 195. The van der Waals surface area contributed by atoms with E-state index < -0.39 is 0 Å². The van der Waals surface area contributed by atoms with Crippen molar-refractivity contribution in [2.75, 3.05) is 6.61 Å². The molecule has 0 saturated heterocycles. The molecule has 1 aliphatic rings. The van der Waals surface area contributed by atoms with Crippen molar-refractivity contribution in [3.63, 3.8) is 0 Å². The van der Waals surface area contributed by atoms with Crippen LogP contribution in [0.25, 0.3) is 0 Å². The maximum Gasteiger partial charge on any atom is 0.107 e. The lowest BCUT2D eigenvalue weighted by atomic mass is 10.1. The molecule has 0 N–H and O–H groups in total. The highest BCUT2D eigenvalue weighted by Crippen LogP contribution is 2.15. The predicted molar refractivity (Wildman–Crippen MR) is 46.0 cm³/mol. The zero-order chi connectivity index (χ0) is 8.10. The Morgan fingerprint density at radius 1 is 1.55 bits per heavy atom. The van der Waals surface area contributed by atoms with Gasteiger partial charge in [0.25, 0.3) is 0 Å².